The highest BCUT2D eigenvalue weighted by molar-refractivity contribution is 6.35. The Labute approximate surface area is 86.1 Å². The molecule has 0 atom stereocenters. The molecule has 0 aromatic heterocycles. The van der Waals surface area contributed by atoms with Crippen LogP contribution in [0.25, 0.3) is 0 Å². The highest BCUT2D eigenvalue weighted by atomic mass is 35.5. The SMILES string of the molecule is O=C1C=NN=C(c2ccc(Cl)cc2)C1. The van der Waals surface area contributed by atoms with E-state index in [9.17, 15) is 4.79 Å². The molecular formula is C10H7ClN2O. The van der Waals surface area contributed by atoms with Gasteiger partial charge in [0.05, 0.1) is 18.3 Å². The number of hydrogen-bond acceptors (Lipinski definition) is 3. The zero-order valence-electron chi connectivity index (χ0n) is 7.27. The number of rotatable bonds is 1. The van der Waals surface area contributed by atoms with Gasteiger partial charge in [-0.2, -0.15) is 10.2 Å². The Morgan fingerprint density at radius 3 is 2.57 bits per heavy atom. The lowest BCUT2D eigenvalue weighted by atomic mass is 10.1. The average molecular weight is 207 g/mol. The Hall–Kier alpha value is -1.48. The molecule has 1 aromatic rings. The van der Waals surface area contributed by atoms with Gasteiger partial charge in [-0.3, -0.25) is 4.79 Å². The van der Waals surface area contributed by atoms with Crippen LogP contribution in [-0.4, -0.2) is 17.7 Å². The summed E-state index contributed by atoms with van der Waals surface area (Å²) in [6, 6.07) is 7.19. The molecule has 1 heterocycles. The van der Waals surface area contributed by atoms with Crippen molar-refractivity contribution in [3.63, 3.8) is 0 Å². The number of halogens is 1. The number of carbonyl (C=O) groups is 1. The summed E-state index contributed by atoms with van der Waals surface area (Å²) in [7, 11) is 0. The maximum Gasteiger partial charge on any atom is 0.181 e. The van der Waals surface area contributed by atoms with Gasteiger partial charge in [0.1, 0.15) is 0 Å². The van der Waals surface area contributed by atoms with Crippen LogP contribution >= 0.6 is 11.6 Å². The molecule has 0 radical (unpaired) electrons. The minimum absolute atomic E-state index is 0.0232. The molecule has 1 aliphatic rings. The molecule has 0 saturated carbocycles. The number of benzene rings is 1. The Morgan fingerprint density at radius 2 is 1.93 bits per heavy atom. The molecule has 4 heteroatoms. The summed E-state index contributed by atoms with van der Waals surface area (Å²) in [6.45, 7) is 0. The predicted octanol–water partition coefficient (Wildman–Crippen LogP) is 2.09. The van der Waals surface area contributed by atoms with E-state index in [-0.39, 0.29) is 5.78 Å². The van der Waals surface area contributed by atoms with E-state index in [2.05, 4.69) is 10.2 Å². The first kappa shape index (κ1) is 9.09. The zero-order chi connectivity index (χ0) is 9.97. The highest BCUT2D eigenvalue weighted by Crippen LogP contribution is 2.13. The third-order valence-corrected chi connectivity index (χ3v) is 2.15. The monoisotopic (exact) mass is 206 g/mol. The summed E-state index contributed by atoms with van der Waals surface area (Å²) in [5, 5.41) is 8.19. The summed E-state index contributed by atoms with van der Waals surface area (Å²) in [4.78, 5) is 11.1. The van der Waals surface area contributed by atoms with Gasteiger partial charge in [-0.15, -0.1) is 0 Å². The van der Waals surface area contributed by atoms with Crippen LogP contribution in [0.15, 0.2) is 34.5 Å². The van der Waals surface area contributed by atoms with Crippen molar-refractivity contribution in [1.82, 2.24) is 0 Å². The minimum Gasteiger partial charge on any atom is -0.293 e. The Bertz CT molecular complexity index is 420. The van der Waals surface area contributed by atoms with Gasteiger partial charge in [0.15, 0.2) is 5.78 Å². The van der Waals surface area contributed by atoms with Crippen LogP contribution in [0.4, 0.5) is 0 Å². The quantitative estimate of drug-likeness (QED) is 0.694. The van der Waals surface area contributed by atoms with Crippen molar-refractivity contribution in [3.05, 3.63) is 34.9 Å². The Morgan fingerprint density at radius 1 is 1.21 bits per heavy atom. The lowest BCUT2D eigenvalue weighted by molar-refractivity contribution is -0.111. The number of hydrogen-bond donors (Lipinski definition) is 0. The van der Waals surface area contributed by atoms with E-state index < -0.39 is 0 Å². The molecule has 3 nitrogen and oxygen atoms in total. The number of nitrogens with zero attached hydrogens (tertiary/aromatic N) is 2. The van der Waals surface area contributed by atoms with Crippen LogP contribution in [0.5, 0.6) is 0 Å². The van der Waals surface area contributed by atoms with Crippen LogP contribution in [-0.2, 0) is 4.79 Å². The molecule has 0 N–H and O–H groups in total. The smallest absolute Gasteiger partial charge is 0.181 e. The summed E-state index contributed by atoms with van der Waals surface area (Å²) in [6.07, 6.45) is 1.55. The molecule has 0 fully saturated rings. The number of Topliss-reactive ketones (excluding diaryl/α,β-unsaturated/α-hetero) is 1. The van der Waals surface area contributed by atoms with Crippen molar-refractivity contribution < 1.29 is 4.79 Å². The van der Waals surface area contributed by atoms with Crippen molar-refractivity contribution in [1.29, 1.82) is 0 Å². The van der Waals surface area contributed by atoms with Crippen LogP contribution in [0.1, 0.15) is 12.0 Å². The van der Waals surface area contributed by atoms with E-state index in [1.54, 1.807) is 12.1 Å². The minimum atomic E-state index is -0.0232. The number of ketones is 1. The number of carbonyl (C=O) groups excluding carboxylic acids is 1. The van der Waals surface area contributed by atoms with Crippen LogP contribution in [0.3, 0.4) is 0 Å². The Kier molecular flexibility index (Phi) is 2.41. The third kappa shape index (κ3) is 1.88. The molecular weight excluding hydrogens is 200 g/mol. The van der Waals surface area contributed by atoms with Gasteiger partial charge in [0.25, 0.3) is 0 Å². The molecule has 0 saturated heterocycles. The fraction of sp³-hybridized carbons (Fsp3) is 0.100. The predicted molar refractivity (Wildman–Crippen MR) is 56.1 cm³/mol. The van der Waals surface area contributed by atoms with E-state index >= 15 is 0 Å². The largest absolute Gasteiger partial charge is 0.293 e. The molecule has 1 aliphatic heterocycles. The van der Waals surface area contributed by atoms with Crippen molar-refractivity contribution in [2.75, 3.05) is 0 Å². The van der Waals surface area contributed by atoms with Crippen molar-refractivity contribution in [2.45, 2.75) is 6.42 Å². The van der Waals surface area contributed by atoms with E-state index in [4.69, 9.17) is 11.6 Å². The standard InChI is InChI=1S/C10H7ClN2O/c11-8-3-1-7(2-4-8)10-5-9(14)6-12-13-10/h1-4,6H,5H2. The molecule has 0 bridgehead atoms. The lowest BCUT2D eigenvalue weighted by Crippen LogP contribution is -2.13. The molecule has 0 aliphatic carbocycles. The summed E-state index contributed by atoms with van der Waals surface area (Å²) in [5.41, 5.74) is 1.58. The molecule has 0 amide bonds. The van der Waals surface area contributed by atoms with E-state index in [0.29, 0.717) is 17.2 Å². The van der Waals surface area contributed by atoms with Crippen LogP contribution in [0, 0.1) is 0 Å². The Balaban J connectivity index is 2.31. The highest BCUT2D eigenvalue weighted by Gasteiger charge is 2.11. The summed E-state index contributed by atoms with van der Waals surface area (Å²) in [5.74, 6) is -0.0232. The van der Waals surface area contributed by atoms with Gasteiger partial charge >= 0.3 is 0 Å². The lowest BCUT2D eigenvalue weighted by Gasteiger charge is -2.05. The molecule has 2 rings (SSSR count). The first-order chi connectivity index (χ1) is 6.75. The first-order valence-corrected chi connectivity index (χ1v) is 4.52. The first-order valence-electron chi connectivity index (χ1n) is 4.14. The summed E-state index contributed by atoms with van der Waals surface area (Å²) >= 11 is 5.74. The van der Waals surface area contributed by atoms with Gasteiger partial charge in [-0.1, -0.05) is 23.7 Å². The maximum atomic E-state index is 11.1. The average Bonchev–Trinajstić information content (AvgIpc) is 2.19. The second-order valence-corrected chi connectivity index (χ2v) is 3.38. The normalized spacial score (nSPS) is 15.5. The molecule has 0 spiro atoms. The fourth-order valence-electron chi connectivity index (χ4n) is 1.21. The van der Waals surface area contributed by atoms with Gasteiger partial charge in [-0.05, 0) is 17.7 Å². The molecule has 70 valence electrons. The molecule has 14 heavy (non-hydrogen) atoms. The van der Waals surface area contributed by atoms with Crippen molar-refractivity contribution >= 4 is 29.3 Å². The summed E-state index contributed by atoms with van der Waals surface area (Å²) < 4.78 is 0. The van der Waals surface area contributed by atoms with E-state index in [0.717, 1.165) is 5.56 Å². The van der Waals surface area contributed by atoms with E-state index in [1.807, 2.05) is 12.1 Å². The molecule has 0 unspecified atom stereocenters. The van der Waals surface area contributed by atoms with Crippen LogP contribution in [0.2, 0.25) is 5.02 Å². The van der Waals surface area contributed by atoms with Crippen molar-refractivity contribution in [3.8, 4) is 0 Å². The van der Waals surface area contributed by atoms with Gasteiger partial charge in [0.2, 0.25) is 0 Å². The van der Waals surface area contributed by atoms with Crippen LogP contribution < -0.4 is 0 Å². The van der Waals surface area contributed by atoms with Gasteiger partial charge < -0.3 is 0 Å². The maximum absolute atomic E-state index is 11.1. The van der Waals surface area contributed by atoms with E-state index in [1.165, 1.54) is 6.21 Å². The topological polar surface area (TPSA) is 41.8 Å². The van der Waals surface area contributed by atoms with Crippen molar-refractivity contribution in [2.24, 2.45) is 10.2 Å². The second kappa shape index (κ2) is 3.72. The third-order valence-electron chi connectivity index (χ3n) is 1.90. The second-order valence-electron chi connectivity index (χ2n) is 2.94. The van der Waals surface area contributed by atoms with Gasteiger partial charge in [-0.25, -0.2) is 0 Å². The fourth-order valence-corrected chi connectivity index (χ4v) is 1.34. The zero-order valence-corrected chi connectivity index (χ0v) is 8.03. The van der Waals surface area contributed by atoms with Gasteiger partial charge in [0, 0.05) is 5.02 Å². The molecule has 1 aromatic carbocycles.